The number of amides is 1. The number of carbonyl (C=O) groups is 1. The van der Waals surface area contributed by atoms with Crippen LogP contribution in [0.3, 0.4) is 0 Å². The van der Waals surface area contributed by atoms with E-state index in [2.05, 4.69) is 21.2 Å². The molecule has 0 saturated carbocycles. The average molecular weight is 487 g/mol. The van der Waals surface area contributed by atoms with Gasteiger partial charge in [-0.2, -0.15) is 4.31 Å². The SMILES string of the molecule is Cc1ccc(S(=O)(=O)N(CCc2ccccc2)CC(=O)Nc2cccc(Br)c2)cc1. The van der Waals surface area contributed by atoms with Gasteiger partial charge in [-0.15, -0.1) is 0 Å². The van der Waals surface area contributed by atoms with Crippen molar-refractivity contribution in [2.24, 2.45) is 0 Å². The van der Waals surface area contributed by atoms with Crippen LogP contribution in [0.4, 0.5) is 5.69 Å². The minimum Gasteiger partial charge on any atom is -0.325 e. The van der Waals surface area contributed by atoms with Gasteiger partial charge < -0.3 is 5.32 Å². The molecule has 3 rings (SSSR count). The zero-order valence-electron chi connectivity index (χ0n) is 16.6. The maximum Gasteiger partial charge on any atom is 0.243 e. The zero-order chi connectivity index (χ0) is 21.6. The van der Waals surface area contributed by atoms with Crippen molar-refractivity contribution in [3.8, 4) is 0 Å². The molecule has 3 aromatic rings. The second-order valence-electron chi connectivity index (χ2n) is 6.95. The number of sulfonamides is 1. The Kier molecular flexibility index (Phi) is 7.42. The maximum absolute atomic E-state index is 13.2. The van der Waals surface area contributed by atoms with E-state index in [1.807, 2.05) is 43.3 Å². The van der Waals surface area contributed by atoms with Crippen LogP contribution in [0.2, 0.25) is 0 Å². The van der Waals surface area contributed by atoms with E-state index in [4.69, 9.17) is 0 Å². The van der Waals surface area contributed by atoms with Crippen molar-refractivity contribution in [2.45, 2.75) is 18.2 Å². The molecular weight excluding hydrogens is 464 g/mol. The summed E-state index contributed by atoms with van der Waals surface area (Å²) < 4.78 is 28.6. The van der Waals surface area contributed by atoms with Crippen LogP contribution in [0.5, 0.6) is 0 Å². The highest BCUT2D eigenvalue weighted by Crippen LogP contribution is 2.19. The van der Waals surface area contributed by atoms with Crippen LogP contribution in [0.15, 0.2) is 88.2 Å². The monoisotopic (exact) mass is 486 g/mol. The number of halogens is 1. The maximum atomic E-state index is 13.2. The Morgan fingerprint density at radius 2 is 1.67 bits per heavy atom. The van der Waals surface area contributed by atoms with Crippen molar-refractivity contribution < 1.29 is 13.2 Å². The number of nitrogens with one attached hydrogen (secondary N) is 1. The molecule has 0 unspecified atom stereocenters. The number of nitrogens with zero attached hydrogens (tertiary/aromatic N) is 1. The summed E-state index contributed by atoms with van der Waals surface area (Å²) in [6.45, 7) is 1.83. The largest absolute Gasteiger partial charge is 0.325 e. The lowest BCUT2D eigenvalue weighted by Crippen LogP contribution is -2.39. The highest BCUT2D eigenvalue weighted by Gasteiger charge is 2.26. The van der Waals surface area contributed by atoms with Crippen molar-refractivity contribution >= 4 is 37.5 Å². The van der Waals surface area contributed by atoms with E-state index in [0.717, 1.165) is 15.6 Å². The van der Waals surface area contributed by atoms with E-state index in [1.54, 1.807) is 42.5 Å². The average Bonchev–Trinajstić information content (AvgIpc) is 2.72. The molecule has 156 valence electrons. The van der Waals surface area contributed by atoms with Gasteiger partial charge in [-0.1, -0.05) is 70.0 Å². The van der Waals surface area contributed by atoms with Crippen molar-refractivity contribution in [3.05, 3.63) is 94.5 Å². The summed E-state index contributed by atoms with van der Waals surface area (Å²) in [6.07, 6.45) is 0.510. The molecule has 0 atom stereocenters. The van der Waals surface area contributed by atoms with Crippen LogP contribution in [-0.2, 0) is 21.2 Å². The summed E-state index contributed by atoms with van der Waals surface area (Å²) in [6, 6.07) is 23.5. The molecule has 0 heterocycles. The first-order valence-corrected chi connectivity index (χ1v) is 11.7. The fourth-order valence-corrected chi connectivity index (χ4v) is 4.77. The molecule has 0 fully saturated rings. The fourth-order valence-electron chi connectivity index (χ4n) is 2.97. The molecule has 0 aliphatic heterocycles. The van der Waals surface area contributed by atoms with Gasteiger partial charge in [-0.25, -0.2) is 8.42 Å². The van der Waals surface area contributed by atoms with Gasteiger partial charge in [0.25, 0.3) is 0 Å². The lowest BCUT2D eigenvalue weighted by Gasteiger charge is -2.22. The van der Waals surface area contributed by atoms with E-state index in [-0.39, 0.29) is 18.0 Å². The first-order valence-electron chi connectivity index (χ1n) is 9.51. The number of hydrogen-bond acceptors (Lipinski definition) is 3. The molecule has 0 aliphatic rings. The molecule has 0 saturated heterocycles. The Balaban J connectivity index is 1.80. The number of benzene rings is 3. The standard InChI is InChI=1S/C23H23BrN2O3S/c1-18-10-12-22(13-11-18)30(28,29)26(15-14-19-6-3-2-4-7-19)17-23(27)25-21-9-5-8-20(24)16-21/h2-13,16H,14-15,17H2,1H3,(H,25,27). The molecule has 3 aromatic carbocycles. The number of carbonyl (C=O) groups excluding carboxylic acids is 1. The highest BCUT2D eigenvalue weighted by molar-refractivity contribution is 9.10. The third-order valence-electron chi connectivity index (χ3n) is 4.58. The molecule has 0 aromatic heterocycles. The number of anilines is 1. The molecular formula is C23H23BrN2O3S. The minimum absolute atomic E-state index is 0.177. The van der Waals surface area contributed by atoms with E-state index in [0.29, 0.717) is 12.1 Å². The molecule has 30 heavy (non-hydrogen) atoms. The van der Waals surface area contributed by atoms with Gasteiger partial charge in [0.1, 0.15) is 0 Å². The molecule has 1 amide bonds. The summed E-state index contributed by atoms with van der Waals surface area (Å²) in [5, 5.41) is 2.77. The lowest BCUT2D eigenvalue weighted by molar-refractivity contribution is -0.116. The second-order valence-corrected chi connectivity index (χ2v) is 9.80. The van der Waals surface area contributed by atoms with Gasteiger partial charge >= 0.3 is 0 Å². The molecule has 1 N–H and O–H groups in total. The Hall–Kier alpha value is -2.48. The Morgan fingerprint density at radius 3 is 2.33 bits per heavy atom. The van der Waals surface area contributed by atoms with E-state index in [9.17, 15) is 13.2 Å². The Labute approximate surface area is 185 Å². The van der Waals surface area contributed by atoms with Crippen molar-refractivity contribution in [1.29, 1.82) is 0 Å². The zero-order valence-corrected chi connectivity index (χ0v) is 19.0. The molecule has 0 spiro atoms. The molecule has 5 nitrogen and oxygen atoms in total. The van der Waals surface area contributed by atoms with Gasteiger partial charge in [-0.3, -0.25) is 4.79 Å². The summed E-state index contributed by atoms with van der Waals surface area (Å²) in [5.74, 6) is -0.392. The van der Waals surface area contributed by atoms with Crippen LogP contribution in [-0.4, -0.2) is 31.7 Å². The predicted octanol–water partition coefficient (Wildman–Crippen LogP) is 4.63. The Bertz CT molecular complexity index is 1100. The van der Waals surface area contributed by atoms with Gasteiger partial charge in [0, 0.05) is 16.7 Å². The van der Waals surface area contributed by atoms with Gasteiger partial charge in [0.15, 0.2) is 0 Å². The normalized spacial score (nSPS) is 11.4. The summed E-state index contributed by atoms with van der Waals surface area (Å²) in [5.41, 5.74) is 2.58. The van der Waals surface area contributed by atoms with Crippen molar-refractivity contribution in [2.75, 3.05) is 18.4 Å². The second kappa shape index (κ2) is 10.0. The van der Waals surface area contributed by atoms with Crippen LogP contribution in [0.25, 0.3) is 0 Å². The first kappa shape index (κ1) is 22.2. The molecule has 0 aliphatic carbocycles. The van der Waals surface area contributed by atoms with Gasteiger partial charge in [0.2, 0.25) is 15.9 Å². The predicted molar refractivity (Wildman–Crippen MR) is 123 cm³/mol. The van der Waals surface area contributed by atoms with E-state index in [1.165, 1.54) is 4.31 Å². The van der Waals surface area contributed by atoms with Gasteiger partial charge in [0.05, 0.1) is 11.4 Å². The topological polar surface area (TPSA) is 66.5 Å². The Morgan fingerprint density at radius 1 is 0.967 bits per heavy atom. The van der Waals surface area contributed by atoms with Crippen molar-refractivity contribution in [1.82, 2.24) is 4.31 Å². The quantitative estimate of drug-likeness (QED) is 0.504. The third-order valence-corrected chi connectivity index (χ3v) is 6.93. The van der Waals surface area contributed by atoms with Crippen LogP contribution in [0.1, 0.15) is 11.1 Å². The molecule has 0 radical (unpaired) electrons. The van der Waals surface area contributed by atoms with Crippen LogP contribution >= 0.6 is 15.9 Å². The third kappa shape index (κ3) is 6.01. The first-order chi connectivity index (χ1) is 14.3. The summed E-state index contributed by atoms with van der Waals surface area (Å²) in [4.78, 5) is 12.8. The number of hydrogen-bond donors (Lipinski definition) is 1. The molecule has 7 heteroatoms. The minimum atomic E-state index is -3.82. The van der Waals surface area contributed by atoms with E-state index < -0.39 is 15.9 Å². The van der Waals surface area contributed by atoms with Crippen molar-refractivity contribution in [3.63, 3.8) is 0 Å². The van der Waals surface area contributed by atoms with Crippen LogP contribution in [0, 0.1) is 6.92 Å². The smallest absolute Gasteiger partial charge is 0.243 e. The number of rotatable bonds is 8. The summed E-state index contributed by atoms with van der Waals surface area (Å²) in [7, 11) is -3.82. The van der Waals surface area contributed by atoms with Crippen LogP contribution < -0.4 is 5.32 Å². The number of aryl methyl sites for hydroxylation is 1. The lowest BCUT2D eigenvalue weighted by atomic mass is 10.1. The van der Waals surface area contributed by atoms with E-state index >= 15 is 0 Å². The van der Waals surface area contributed by atoms with Gasteiger partial charge in [-0.05, 0) is 49.2 Å². The fraction of sp³-hybridized carbons (Fsp3) is 0.174. The highest BCUT2D eigenvalue weighted by atomic mass is 79.9. The summed E-state index contributed by atoms with van der Waals surface area (Å²) >= 11 is 3.36. The molecule has 0 bridgehead atoms.